The number of ether oxygens (including phenoxy) is 1. The monoisotopic (exact) mass is 394 g/mol. The third-order valence-electron chi connectivity index (χ3n) is 3.89. The SMILES string of the molecule is CCOC(=O)C(Br)=NNCCO[Si](C(C)C)(C(C)C)C(C)C. The average Bonchev–Trinajstić information content (AvgIpc) is 2.41. The van der Waals surface area contributed by atoms with Gasteiger partial charge < -0.3 is 14.6 Å². The van der Waals surface area contributed by atoms with Crippen LogP contribution < -0.4 is 5.43 Å². The number of nitrogens with zero attached hydrogens (tertiary/aromatic N) is 1. The Balaban J connectivity index is 4.48. The molecule has 0 heterocycles. The fraction of sp³-hybridized carbons (Fsp3) is 0.867. The van der Waals surface area contributed by atoms with E-state index in [4.69, 9.17) is 9.16 Å². The van der Waals surface area contributed by atoms with Crippen LogP contribution in [0, 0.1) is 0 Å². The van der Waals surface area contributed by atoms with Crippen molar-refractivity contribution >= 4 is 34.8 Å². The van der Waals surface area contributed by atoms with Crippen molar-refractivity contribution < 1.29 is 14.0 Å². The number of hydrogen-bond acceptors (Lipinski definition) is 5. The van der Waals surface area contributed by atoms with E-state index in [0.29, 0.717) is 36.4 Å². The first-order valence-electron chi connectivity index (χ1n) is 7.97. The number of rotatable bonds is 10. The Morgan fingerprint density at radius 2 is 1.64 bits per heavy atom. The lowest BCUT2D eigenvalue weighted by atomic mass is 10.5. The summed E-state index contributed by atoms with van der Waals surface area (Å²) in [4.78, 5) is 11.4. The Labute approximate surface area is 144 Å². The maximum atomic E-state index is 11.4. The standard InChI is InChI=1S/C15H31BrN2O3Si/c1-8-20-15(19)14(16)18-17-9-10-21-22(11(2)3,12(4)5)13(6)7/h11-13,17H,8-10H2,1-7H3. The Morgan fingerprint density at radius 3 is 2.05 bits per heavy atom. The summed E-state index contributed by atoms with van der Waals surface area (Å²) in [5, 5.41) is 3.94. The first-order chi connectivity index (χ1) is 10.2. The summed E-state index contributed by atoms with van der Waals surface area (Å²) >= 11 is 3.09. The highest BCUT2D eigenvalue weighted by Gasteiger charge is 2.44. The molecule has 22 heavy (non-hydrogen) atoms. The number of carbonyl (C=O) groups is 1. The Hall–Kier alpha value is -0.403. The number of esters is 1. The Bertz CT molecular complexity index is 352. The third-order valence-corrected chi connectivity index (χ3v) is 10.5. The van der Waals surface area contributed by atoms with E-state index in [1.807, 2.05) is 0 Å². The normalized spacial score (nSPS) is 13.1. The number of carbonyl (C=O) groups excluding carboxylic acids is 1. The minimum atomic E-state index is -1.83. The molecule has 0 aromatic rings. The first-order valence-corrected chi connectivity index (χ1v) is 10.9. The van der Waals surface area contributed by atoms with Crippen molar-refractivity contribution in [3.8, 4) is 0 Å². The quantitative estimate of drug-likeness (QED) is 0.199. The molecule has 0 spiro atoms. The Morgan fingerprint density at radius 1 is 1.14 bits per heavy atom. The Kier molecular flexibility index (Phi) is 10.2. The molecular formula is C15H31BrN2O3Si. The minimum Gasteiger partial charge on any atom is -0.461 e. The summed E-state index contributed by atoms with van der Waals surface area (Å²) in [7, 11) is -1.83. The van der Waals surface area contributed by atoms with Crippen LogP contribution in [0.3, 0.4) is 0 Å². The second kappa shape index (κ2) is 10.4. The average molecular weight is 395 g/mol. The van der Waals surface area contributed by atoms with Crippen LogP contribution in [0.25, 0.3) is 0 Å². The zero-order chi connectivity index (χ0) is 17.3. The second-order valence-corrected chi connectivity index (χ2v) is 12.4. The van der Waals surface area contributed by atoms with Crippen molar-refractivity contribution in [2.75, 3.05) is 19.8 Å². The predicted molar refractivity (Wildman–Crippen MR) is 98.0 cm³/mol. The summed E-state index contributed by atoms with van der Waals surface area (Å²) in [6.45, 7) is 16.8. The van der Waals surface area contributed by atoms with Gasteiger partial charge in [0.15, 0.2) is 8.32 Å². The lowest BCUT2D eigenvalue weighted by molar-refractivity contribution is -0.134. The summed E-state index contributed by atoms with van der Waals surface area (Å²) in [5.41, 5.74) is 4.52. The number of nitrogens with one attached hydrogen (secondary N) is 1. The van der Waals surface area contributed by atoms with Crippen LogP contribution in [-0.4, -0.2) is 38.7 Å². The van der Waals surface area contributed by atoms with Gasteiger partial charge in [-0.25, -0.2) is 4.79 Å². The molecule has 0 unspecified atom stereocenters. The van der Waals surface area contributed by atoms with Crippen molar-refractivity contribution in [2.45, 2.75) is 65.1 Å². The second-order valence-electron chi connectivity index (χ2n) is 6.20. The van der Waals surface area contributed by atoms with Gasteiger partial charge in [0, 0.05) is 0 Å². The molecule has 0 aliphatic heterocycles. The fourth-order valence-electron chi connectivity index (χ4n) is 3.14. The van der Waals surface area contributed by atoms with Crippen LogP contribution >= 0.6 is 15.9 Å². The van der Waals surface area contributed by atoms with Gasteiger partial charge in [0.1, 0.15) is 0 Å². The highest BCUT2D eigenvalue weighted by atomic mass is 79.9. The van der Waals surface area contributed by atoms with E-state index < -0.39 is 14.3 Å². The molecule has 0 aromatic heterocycles. The molecule has 0 fully saturated rings. The summed E-state index contributed by atoms with van der Waals surface area (Å²) in [6, 6.07) is 0. The molecule has 5 nitrogen and oxygen atoms in total. The van der Waals surface area contributed by atoms with Gasteiger partial charge >= 0.3 is 5.97 Å². The van der Waals surface area contributed by atoms with E-state index in [1.165, 1.54) is 0 Å². The highest BCUT2D eigenvalue weighted by Crippen LogP contribution is 2.41. The van der Waals surface area contributed by atoms with E-state index in [1.54, 1.807) is 6.92 Å². The molecule has 0 bridgehead atoms. The molecule has 0 aliphatic carbocycles. The van der Waals surface area contributed by atoms with Gasteiger partial charge in [-0.15, -0.1) is 0 Å². The predicted octanol–water partition coefficient (Wildman–Crippen LogP) is 4.04. The minimum absolute atomic E-state index is 0.148. The molecule has 0 aliphatic rings. The molecule has 0 saturated carbocycles. The van der Waals surface area contributed by atoms with Crippen molar-refractivity contribution in [3.63, 3.8) is 0 Å². The molecule has 0 aromatic carbocycles. The maximum Gasteiger partial charge on any atom is 0.366 e. The van der Waals surface area contributed by atoms with Gasteiger partial charge in [0.05, 0.1) is 19.8 Å². The summed E-state index contributed by atoms with van der Waals surface area (Å²) in [5.74, 6) is -0.466. The van der Waals surface area contributed by atoms with Crippen LogP contribution in [0.5, 0.6) is 0 Å². The largest absolute Gasteiger partial charge is 0.461 e. The molecule has 0 atom stereocenters. The van der Waals surface area contributed by atoms with Crippen molar-refractivity contribution in [1.82, 2.24) is 5.43 Å². The first kappa shape index (κ1) is 21.6. The number of hydrogen-bond donors (Lipinski definition) is 1. The van der Waals surface area contributed by atoms with Crippen molar-refractivity contribution in [1.29, 1.82) is 0 Å². The van der Waals surface area contributed by atoms with E-state index in [0.717, 1.165) is 0 Å². The zero-order valence-corrected chi connectivity index (χ0v) is 17.5. The van der Waals surface area contributed by atoms with Gasteiger partial charge in [-0.05, 0) is 39.5 Å². The molecular weight excluding hydrogens is 364 g/mol. The van der Waals surface area contributed by atoms with Crippen LogP contribution in [0.4, 0.5) is 0 Å². The lowest BCUT2D eigenvalue weighted by Crippen LogP contribution is -2.48. The van der Waals surface area contributed by atoms with E-state index in [9.17, 15) is 4.79 Å². The van der Waals surface area contributed by atoms with E-state index >= 15 is 0 Å². The van der Waals surface area contributed by atoms with Gasteiger partial charge in [-0.2, -0.15) is 5.10 Å². The molecule has 0 rings (SSSR count). The van der Waals surface area contributed by atoms with E-state index in [-0.39, 0.29) is 4.62 Å². The number of halogens is 1. The summed E-state index contributed by atoms with van der Waals surface area (Å²) in [6.07, 6.45) is 0. The molecule has 0 radical (unpaired) electrons. The van der Waals surface area contributed by atoms with Crippen LogP contribution in [-0.2, 0) is 14.0 Å². The van der Waals surface area contributed by atoms with Crippen molar-refractivity contribution in [2.24, 2.45) is 5.10 Å². The summed E-state index contributed by atoms with van der Waals surface area (Å²) < 4.78 is 11.4. The molecule has 1 N–H and O–H groups in total. The van der Waals surface area contributed by atoms with Gasteiger partial charge in [0.25, 0.3) is 0 Å². The topological polar surface area (TPSA) is 59.9 Å². The molecule has 130 valence electrons. The van der Waals surface area contributed by atoms with Crippen LogP contribution in [0.2, 0.25) is 16.6 Å². The molecule has 7 heteroatoms. The van der Waals surface area contributed by atoms with E-state index in [2.05, 4.69) is 68.0 Å². The number of hydrazone groups is 1. The lowest BCUT2D eigenvalue weighted by Gasteiger charge is -2.42. The van der Waals surface area contributed by atoms with Crippen molar-refractivity contribution in [3.05, 3.63) is 0 Å². The van der Waals surface area contributed by atoms with Crippen LogP contribution in [0.1, 0.15) is 48.5 Å². The zero-order valence-electron chi connectivity index (χ0n) is 14.9. The molecule has 0 amide bonds. The van der Waals surface area contributed by atoms with Gasteiger partial charge in [-0.1, -0.05) is 41.5 Å². The highest BCUT2D eigenvalue weighted by molar-refractivity contribution is 9.19. The fourth-order valence-corrected chi connectivity index (χ4v) is 8.83. The maximum absolute atomic E-state index is 11.4. The van der Waals surface area contributed by atoms with Gasteiger partial charge in [-0.3, -0.25) is 0 Å². The van der Waals surface area contributed by atoms with Gasteiger partial charge in [0.2, 0.25) is 4.62 Å². The van der Waals surface area contributed by atoms with Crippen LogP contribution in [0.15, 0.2) is 5.10 Å². The molecule has 0 saturated heterocycles. The third kappa shape index (κ3) is 6.00. The smallest absolute Gasteiger partial charge is 0.366 e.